The third-order valence-electron chi connectivity index (χ3n) is 2.64. The Morgan fingerprint density at radius 3 is 2.64 bits per heavy atom. The first kappa shape index (κ1) is 15.2. The molecule has 0 aromatic carbocycles. The highest BCUT2D eigenvalue weighted by Crippen LogP contribution is 2.19. The van der Waals surface area contributed by atoms with Gasteiger partial charge in [-0.05, 0) is 0 Å². The van der Waals surface area contributed by atoms with E-state index in [1.165, 1.54) is 12.4 Å². The van der Waals surface area contributed by atoms with Crippen LogP contribution in [0.2, 0.25) is 0 Å². The standard InChI is InChI=1S/C15H14N6O/c1-17-13-6-14(19-8-11(13)4-3-5-22-2)21-15-10-18-12(7-16)9-20-15/h6,8-10H,5H2,1-2H3,(H2,17,19,20,21). The molecule has 0 saturated heterocycles. The van der Waals surface area contributed by atoms with Crippen molar-refractivity contribution in [3.8, 4) is 17.9 Å². The van der Waals surface area contributed by atoms with Gasteiger partial charge in [0.15, 0.2) is 5.69 Å². The molecule has 2 N–H and O–H groups in total. The third-order valence-corrected chi connectivity index (χ3v) is 2.64. The van der Waals surface area contributed by atoms with E-state index in [1.54, 1.807) is 13.3 Å². The average molecular weight is 294 g/mol. The molecule has 0 amide bonds. The molecule has 0 spiro atoms. The molecule has 0 aliphatic heterocycles. The summed E-state index contributed by atoms with van der Waals surface area (Å²) in [5.41, 5.74) is 1.87. The molecular formula is C15H14N6O. The molecule has 2 aromatic heterocycles. The highest BCUT2D eigenvalue weighted by Gasteiger charge is 2.04. The van der Waals surface area contributed by atoms with E-state index in [9.17, 15) is 0 Å². The fourth-order valence-corrected chi connectivity index (χ4v) is 1.62. The predicted octanol–water partition coefficient (Wildman–Crippen LogP) is 1.53. The van der Waals surface area contributed by atoms with E-state index in [0.717, 1.165) is 11.3 Å². The maximum atomic E-state index is 8.69. The molecule has 22 heavy (non-hydrogen) atoms. The van der Waals surface area contributed by atoms with Gasteiger partial charge in [0.1, 0.15) is 24.3 Å². The van der Waals surface area contributed by atoms with E-state index in [-0.39, 0.29) is 5.69 Å². The largest absolute Gasteiger partial charge is 0.387 e. The molecule has 110 valence electrons. The molecule has 0 aliphatic rings. The van der Waals surface area contributed by atoms with Crippen LogP contribution in [0.25, 0.3) is 0 Å². The van der Waals surface area contributed by atoms with Crippen molar-refractivity contribution in [1.29, 1.82) is 5.26 Å². The van der Waals surface area contributed by atoms with Crippen LogP contribution in [-0.2, 0) is 4.74 Å². The highest BCUT2D eigenvalue weighted by molar-refractivity contribution is 5.65. The lowest BCUT2D eigenvalue weighted by atomic mass is 10.2. The maximum absolute atomic E-state index is 8.69. The van der Waals surface area contributed by atoms with E-state index < -0.39 is 0 Å². The van der Waals surface area contributed by atoms with Crippen LogP contribution in [-0.4, -0.2) is 35.7 Å². The number of hydrogen-bond acceptors (Lipinski definition) is 7. The number of rotatable bonds is 4. The number of nitrogens with one attached hydrogen (secondary N) is 2. The fourth-order valence-electron chi connectivity index (χ4n) is 1.62. The zero-order valence-corrected chi connectivity index (χ0v) is 12.2. The monoisotopic (exact) mass is 294 g/mol. The van der Waals surface area contributed by atoms with Crippen molar-refractivity contribution in [2.75, 3.05) is 31.4 Å². The first-order valence-corrected chi connectivity index (χ1v) is 6.41. The van der Waals surface area contributed by atoms with Gasteiger partial charge < -0.3 is 15.4 Å². The van der Waals surface area contributed by atoms with E-state index in [4.69, 9.17) is 10.00 Å². The van der Waals surface area contributed by atoms with Gasteiger partial charge in [0.2, 0.25) is 0 Å². The van der Waals surface area contributed by atoms with Crippen LogP contribution in [0.1, 0.15) is 11.3 Å². The molecule has 0 bridgehead atoms. The molecule has 7 heteroatoms. The summed E-state index contributed by atoms with van der Waals surface area (Å²) in [6, 6.07) is 3.73. The molecule has 0 atom stereocenters. The number of pyridine rings is 1. The summed E-state index contributed by atoms with van der Waals surface area (Å²) < 4.78 is 4.89. The number of aromatic nitrogens is 3. The Balaban J connectivity index is 2.18. The van der Waals surface area contributed by atoms with Crippen molar-refractivity contribution in [2.45, 2.75) is 0 Å². The van der Waals surface area contributed by atoms with Gasteiger partial charge in [-0.3, -0.25) is 0 Å². The summed E-state index contributed by atoms with van der Waals surface area (Å²) in [6.45, 7) is 0.365. The van der Waals surface area contributed by atoms with E-state index in [0.29, 0.717) is 18.2 Å². The van der Waals surface area contributed by atoms with Crippen LogP contribution in [0, 0.1) is 23.2 Å². The Hall–Kier alpha value is -3.16. The smallest absolute Gasteiger partial charge is 0.158 e. The van der Waals surface area contributed by atoms with Gasteiger partial charge in [-0.2, -0.15) is 5.26 Å². The van der Waals surface area contributed by atoms with Gasteiger partial charge in [0, 0.05) is 26.4 Å². The Bertz CT molecular complexity index is 739. The Morgan fingerprint density at radius 1 is 1.18 bits per heavy atom. The maximum Gasteiger partial charge on any atom is 0.158 e. The average Bonchev–Trinajstić information content (AvgIpc) is 2.57. The zero-order valence-electron chi connectivity index (χ0n) is 12.2. The van der Waals surface area contributed by atoms with Gasteiger partial charge >= 0.3 is 0 Å². The first-order valence-electron chi connectivity index (χ1n) is 6.41. The summed E-state index contributed by atoms with van der Waals surface area (Å²) in [5, 5.41) is 14.8. The van der Waals surface area contributed by atoms with Gasteiger partial charge in [-0.1, -0.05) is 11.8 Å². The number of hydrogen-bond donors (Lipinski definition) is 2. The number of anilines is 3. The molecule has 0 fully saturated rings. The van der Waals surface area contributed by atoms with Crippen molar-refractivity contribution >= 4 is 17.3 Å². The van der Waals surface area contributed by atoms with Gasteiger partial charge in [0.25, 0.3) is 0 Å². The van der Waals surface area contributed by atoms with Crippen LogP contribution < -0.4 is 10.6 Å². The topological polar surface area (TPSA) is 95.8 Å². The van der Waals surface area contributed by atoms with Crippen molar-refractivity contribution in [1.82, 2.24) is 15.0 Å². The molecule has 2 heterocycles. The van der Waals surface area contributed by atoms with Crippen LogP contribution in [0.5, 0.6) is 0 Å². The first-order chi connectivity index (χ1) is 10.8. The van der Waals surface area contributed by atoms with Crippen LogP contribution in [0.15, 0.2) is 24.7 Å². The molecule has 0 aliphatic carbocycles. The lowest BCUT2D eigenvalue weighted by Crippen LogP contribution is -2.00. The predicted molar refractivity (Wildman–Crippen MR) is 82.6 cm³/mol. The SMILES string of the molecule is CNc1cc(Nc2cnc(C#N)cn2)ncc1C#CCOC. The second kappa shape index (κ2) is 7.58. The minimum Gasteiger partial charge on any atom is -0.387 e. The van der Waals surface area contributed by atoms with Crippen molar-refractivity contribution in [3.05, 3.63) is 35.9 Å². The Kier molecular flexibility index (Phi) is 5.25. The molecular weight excluding hydrogens is 280 g/mol. The minimum absolute atomic E-state index is 0.262. The number of methoxy groups -OCH3 is 1. The van der Waals surface area contributed by atoms with E-state index in [2.05, 4.69) is 37.4 Å². The highest BCUT2D eigenvalue weighted by atomic mass is 16.5. The minimum atomic E-state index is 0.262. The van der Waals surface area contributed by atoms with Gasteiger partial charge in [-0.15, -0.1) is 0 Å². The van der Waals surface area contributed by atoms with Gasteiger partial charge in [-0.25, -0.2) is 15.0 Å². The Labute approximate surface area is 128 Å². The number of nitrogens with zero attached hydrogens (tertiary/aromatic N) is 4. The van der Waals surface area contributed by atoms with Crippen LogP contribution in [0.3, 0.4) is 0 Å². The molecule has 2 aromatic rings. The number of ether oxygens (including phenoxy) is 1. The van der Waals surface area contributed by atoms with Crippen molar-refractivity contribution in [3.63, 3.8) is 0 Å². The van der Waals surface area contributed by atoms with Crippen LogP contribution in [0.4, 0.5) is 17.3 Å². The number of nitriles is 1. The summed E-state index contributed by atoms with van der Waals surface area (Å²) in [5.74, 6) is 6.97. The van der Waals surface area contributed by atoms with Gasteiger partial charge in [0.05, 0.1) is 23.6 Å². The molecule has 0 saturated carbocycles. The van der Waals surface area contributed by atoms with Crippen molar-refractivity contribution in [2.24, 2.45) is 0 Å². The lowest BCUT2D eigenvalue weighted by Gasteiger charge is -2.08. The summed E-state index contributed by atoms with van der Waals surface area (Å²) in [4.78, 5) is 12.3. The summed E-state index contributed by atoms with van der Waals surface area (Å²) in [7, 11) is 3.40. The summed E-state index contributed by atoms with van der Waals surface area (Å²) in [6.07, 6.45) is 4.53. The van der Waals surface area contributed by atoms with Crippen LogP contribution >= 0.6 is 0 Å². The second-order valence-electron chi connectivity index (χ2n) is 4.12. The zero-order chi connectivity index (χ0) is 15.8. The third kappa shape index (κ3) is 3.92. The van der Waals surface area contributed by atoms with Crippen molar-refractivity contribution < 1.29 is 4.74 Å². The summed E-state index contributed by atoms with van der Waals surface area (Å²) >= 11 is 0. The molecule has 0 radical (unpaired) electrons. The van der Waals surface area contributed by atoms with E-state index >= 15 is 0 Å². The Morgan fingerprint density at radius 2 is 2.00 bits per heavy atom. The molecule has 2 rings (SSSR count). The second-order valence-corrected chi connectivity index (χ2v) is 4.12. The fraction of sp³-hybridized carbons (Fsp3) is 0.200. The lowest BCUT2D eigenvalue weighted by molar-refractivity contribution is 0.240. The molecule has 7 nitrogen and oxygen atoms in total. The quantitative estimate of drug-likeness (QED) is 0.825. The van der Waals surface area contributed by atoms with E-state index in [1.807, 2.05) is 19.2 Å². The molecule has 0 unspecified atom stereocenters. The normalized spacial score (nSPS) is 9.32.